The van der Waals surface area contributed by atoms with Crippen molar-refractivity contribution >= 4 is 11.6 Å². The number of aryl methyl sites for hydroxylation is 1. The van der Waals surface area contributed by atoms with E-state index in [9.17, 15) is 9.59 Å². The molecule has 3 aromatic rings. The Balaban J connectivity index is 1.44. The summed E-state index contributed by atoms with van der Waals surface area (Å²) in [5.74, 6) is 1.11. The van der Waals surface area contributed by atoms with Crippen molar-refractivity contribution in [2.75, 3.05) is 13.7 Å². The summed E-state index contributed by atoms with van der Waals surface area (Å²) in [5.41, 5.74) is 1.72. The number of methoxy groups -OCH3 is 1. The van der Waals surface area contributed by atoms with Gasteiger partial charge in [0.25, 0.3) is 5.56 Å². The van der Waals surface area contributed by atoms with E-state index >= 15 is 0 Å². The number of pyridine rings is 1. The Kier molecular flexibility index (Phi) is 6.26. The summed E-state index contributed by atoms with van der Waals surface area (Å²) in [6.07, 6.45) is 2.48. The van der Waals surface area contributed by atoms with Crippen LogP contribution in [0.15, 0.2) is 53.5 Å². The van der Waals surface area contributed by atoms with E-state index in [0.717, 1.165) is 11.3 Å². The molecular weight excluding hydrogens is 360 g/mol. The van der Waals surface area contributed by atoms with Crippen LogP contribution in [-0.2, 0) is 16.1 Å². The van der Waals surface area contributed by atoms with Crippen LogP contribution in [0.2, 0.25) is 0 Å². The molecule has 2 aromatic heterocycles. The van der Waals surface area contributed by atoms with Crippen molar-refractivity contribution < 1.29 is 19.0 Å². The van der Waals surface area contributed by atoms with Gasteiger partial charge in [0.05, 0.1) is 19.4 Å². The molecule has 0 aliphatic rings. The van der Waals surface area contributed by atoms with Crippen LogP contribution in [0.3, 0.4) is 0 Å². The van der Waals surface area contributed by atoms with E-state index in [4.69, 9.17) is 14.2 Å². The average Bonchev–Trinajstić information content (AvgIpc) is 2.70. The van der Waals surface area contributed by atoms with Crippen molar-refractivity contribution in [3.8, 4) is 11.5 Å². The molecule has 7 heteroatoms. The molecule has 2 heterocycles. The van der Waals surface area contributed by atoms with E-state index in [1.807, 2.05) is 37.3 Å². The molecule has 0 aliphatic carbocycles. The fourth-order valence-electron chi connectivity index (χ4n) is 2.64. The van der Waals surface area contributed by atoms with Crippen LogP contribution < -0.4 is 15.0 Å². The molecule has 0 radical (unpaired) electrons. The Morgan fingerprint density at radius 1 is 1.11 bits per heavy atom. The van der Waals surface area contributed by atoms with Gasteiger partial charge in [-0.3, -0.25) is 14.0 Å². The number of benzene rings is 1. The van der Waals surface area contributed by atoms with Gasteiger partial charge in [0.1, 0.15) is 23.8 Å². The van der Waals surface area contributed by atoms with E-state index < -0.39 is 0 Å². The third-order valence-corrected chi connectivity index (χ3v) is 4.09. The molecule has 28 heavy (non-hydrogen) atoms. The number of rotatable bonds is 8. The Labute approximate surface area is 162 Å². The standard InChI is InChI=1S/C21H22N2O5/c1-15-5-10-19-22-16(12-20(24)23(19)13-15)14-28-21(25)4-3-11-27-18-8-6-17(26-2)7-9-18/h5-10,12-13H,3-4,11,14H2,1-2H3. The molecule has 0 aliphatic heterocycles. The molecular formula is C21H22N2O5. The first-order valence-corrected chi connectivity index (χ1v) is 8.96. The van der Waals surface area contributed by atoms with Gasteiger partial charge in [-0.15, -0.1) is 0 Å². The van der Waals surface area contributed by atoms with E-state index in [1.54, 1.807) is 19.4 Å². The van der Waals surface area contributed by atoms with E-state index in [2.05, 4.69) is 4.98 Å². The van der Waals surface area contributed by atoms with Gasteiger partial charge in [-0.05, 0) is 49.2 Å². The SMILES string of the molecule is COc1ccc(OCCCC(=O)OCc2cc(=O)n3cc(C)ccc3n2)cc1. The van der Waals surface area contributed by atoms with Gasteiger partial charge in [-0.1, -0.05) is 6.07 Å². The Morgan fingerprint density at radius 3 is 2.61 bits per heavy atom. The Hall–Kier alpha value is -3.35. The lowest BCUT2D eigenvalue weighted by molar-refractivity contribution is -0.145. The smallest absolute Gasteiger partial charge is 0.306 e. The molecule has 0 spiro atoms. The molecule has 146 valence electrons. The number of hydrogen-bond acceptors (Lipinski definition) is 6. The lowest BCUT2D eigenvalue weighted by atomic mass is 10.3. The predicted octanol–water partition coefficient (Wildman–Crippen LogP) is 2.91. The molecule has 0 N–H and O–H groups in total. The molecule has 0 saturated carbocycles. The highest BCUT2D eigenvalue weighted by atomic mass is 16.5. The van der Waals surface area contributed by atoms with Gasteiger partial charge in [0.2, 0.25) is 0 Å². The largest absolute Gasteiger partial charge is 0.497 e. The van der Waals surface area contributed by atoms with E-state index in [-0.39, 0.29) is 24.6 Å². The lowest BCUT2D eigenvalue weighted by Gasteiger charge is -2.08. The summed E-state index contributed by atoms with van der Waals surface area (Å²) in [7, 11) is 1.60. The third-order valence-electron chi connectivity index (χ3n) is 4.09. The highest BCUT2D eigenvalue weighted by Crippen LogP contribution is 2.17. The van der Waals surface area contributed by atoms with Crippen LogP contribution in [0.4, 0.5) is 0 Å². The average molecular weight is 382 g/mol. The Morgan fingerprint density at radius 2 is 1.86 bits per heavy atom. The van der Waals surface area contributed by atoms with Crippen molar-refractivity contribution in [1.29, 1.82) is 0 Å². The first-order valence-electron chi connectivity index (χ1n) is 8.96. The summed E-state index contributed by atoms with van der Waals surface area (Å²) >= 11 is 0. The van der Waals surface area contributed by atoms with Gasteiger partial charge in [0.15, 0.2) is 0 Å². The first-order chi connectivity index (χ1) is 13.5. The molecule has 7 nitrogen and oxygen atoms in total. The van der Waals surface area contributed by atoms with Crippen molar-refractivity contribution in [1.82, 2.24) is 9.38 Å². The topological polar surface area (TPSA) is 79.1 Å². The maximum atomic E-state index is 12.1. The minimum absolute atomic E-state index is 0.0300. The number of aromatic nitrogens is 2. The fraction of sp³-hybridized carbons (Fsp3) is 0.286. The lowest BCUT2D eigenvalue weighted by Crippen LogP contribution is -2.17. The van der Waals surface area contributed by atoms with Crippen LogP contribution in [0.5, 0.6) is 11.5 Å². The molecule has 0 bridgehead atoms. The second-order valence-electron chi connectivity index (χ2n) is 6.31. The molecule has 0 unspecified atom stereocenters. The predicted molar refractivity (Wildman–Crippen MR) is 104 cm³/mol. The van der Waals surface area contributed by atoms with Gasteiger partial charge in [0, 0.05) is 18.7 Å². The van der Waals surface area contributed by atoms with Gasteiger partial charge >= 0.3 is 5.97 Å². The fourth-order valence-corrected chi connectivity index (χ4v) is 2.64. The number of fused-ring (bicyclic) bond motifs is 1. The minimum atomic E-state index is -0.357. The summed E-state index contributed by atoms with van der Waals surface area (Å²) in [6, 6.07) is 12.3. The molecule has 0 saturated heterocycles. The zero-order chi connectivity index (χ0) is 19.9. The highest BCUT2D eigenvalue weighted by Gasteiger charge is 2.07. The van der Waals surface area contributed by atoms with Crippen molar-refractivity contribution in [2.24, 2.45) is 0 Å². The molecule has 1 aromatic carbocycles. The van der Waals surface area contributed by atoms with Crippen molar-refractivity contribution in [3.05, 3.63) is 70.3 Å². The number of nitrogens with zero attached hydrogens (tertiary/aromatic N) is 2. The van der Waals surface area contributed by atoms with E-state index in [0.29, 0.717) is 30.1 Å². The zero-order valence-corrected chi connectivity index (χ0v) is 15.9. The number of carbonyl (C=O) groups is 1. The van der Waals surface area contributed by atoms with Crippen LogP contribution in [0.25, 0.3) is 5.65 Å². The molecule has 0 fully saturated rings. The maximum Gasteiger partial charge on any atom is 0.306 e. The summed E-state index contributed by atoms with van der Waals surface area (Å²) < 4.78 is 17.3. The quantitative estimate of drug-likeness (QED) is 0.440. The summed E-state index contributed by atoms with van der Waals surface area (Å²) in [6.45, 7) is 2.27. The first kappa shape index (κ1) is 19.4. The molecule has 0 atom stereocenters. The van der Waals surface area contributed by atoms with Crippen LogP contribution in [-0.4, -0.2) is 29.1 Å². The van der Waals surface area contributed by atoms with Gasteiger partial charge in [-0.25, -0.2) is 4.98 Å². The zero-order valence-electron chi connectivity index (χ0n) is 15.9. The normalized spacial score (nSPS) is 10.6. The highest BCUT2D eigenvalue weighted by molar-refractivity contribution is 5.69. The third kappa shape index (κ3) is 5.09. The maximum absolute atomic E-state index is 12.1. The van der Waals surface area contributed by atoms with Crippen LogP contribution >= 0.6 is 0 Å². The van der Waals surface area contributed by atoms with Crippen molar-refractivity contribution in [3.63, 3.8) is 0 Å². The monoisotopic (exact) mass is 382 g/mol. The van der Waals surface area contributed by atoms with Crippen LogP contribution in [0, 0.1) is 6.92 Å². The van der Waals surface area contributed by atoms with Gasteiger partial charge in [-0.2, -0.15) is 0 Å². The number of ether oxygens (including phenoxy) is 3. The Bertz CT molecular complexity index is 1010. The second-order valence-corrected chi connectivity index (χ2v) is 6.31. The summed E-state index contributed by atoms with van der Waals surface area (Å²) in [4.78, 5) is 28.4. The minimum Gasteiger partial charge on any atom is -0.497 e. The number of esters is 1. The van der Waals surface area contributed by atoms with Crippen LogP contribution in [0.1, 0.15) is 24.1 Å². The number of carbonyl (C=O) groups excluding carboxylic acids is 1. The second kappa shape index (κ2) is 9.03. The van der Waals surface area contributed by atoms with Gasteiger partial charge < -0.3 is 14.2 Å². The van der Waals surface area contributed by atoms with E-state index in [1.165, 1.54) is 10.5 Å². The molecule has 3 rings (SSSR count). The summed E-state index contributed by atoms with van der Waals surface area (Å²) in [5, 5.41) is 0. The van der Waals surface area contributed by atoms with Crippen molar-refractivity contribution in [2.45, 2.75) is 26.4 Å². The molecule has 0 amide bonds. The number of hydrogen-bond donors (Lipinski definition) is 0.